The van der Waals surface area contributed by atoms with Gasteiger partial charge in [-0.15, -0.1) is 6.42 Å². The quantitative estimate of drug-likeness (QED) is 0.386. The van der Waals surface area contributed by atoms with Crippen LogP contribution in [0, 0.1) is 30.6 Å². The smallest absolute Gasteiger partial charge is 0.255 e. The van der Waals surface area contributed by atoms with Gasteiger partial charge in [0.05, 0.1) is 28.5 Å². The van der Waals surface area contributed by atoms with Crippen molar-refractivity contribution in [1.82, 2.24) is 14.5 Å². The van der Waals surface area contributed by atoms with Crippen LogP contribution >= 0.6 is 0 Å². The molecule has 7 nitrogen and oxygen atoms in total. The van der Waals surface area contributed by atoms with E-state index in [0.717, 1.165) is 11.3 Å². The van der Waals surface area contributed by atoms with Crippen LogP contribution in [0.2, 0.25) is 0 Å². The largest absolute Gasteiger partial charge is 0.481 e. The number of amides is 1. The van der Waals surface area contributed by atoms with Crippen molar-refractivity contribution in [1.29, 1.82) is 5.26 Å². The molecule has 0 aromatic carbocycles. The van der Waals surface area contributed by atoms with Gasteiger partial charge in [0, 0.05) is 26.0 Å². The second-order valence-corrected chi connectivity index (χ2v) is 7.12. The molecule has 0 bridgehead atoms. The Labute approximate surface area is 189 Å². The van der Waals surface area contributed by atoms with Gasteiger partial charge in [-0.3, -0.25) is 4.79 Å². The summed E-state index contributed by atoms with van der Waals surface area (Å²) in [5, 5.41) is 17.1. The number of nitriles is 1. The first-order chi connectivity index (χ1) is 15.3. The lowest BCUT2D eigenvalue weighted by atomic mass is 10.1. The molecule has 1 N–H and O–H groups in total. The number of fused-ring (bicyclic) bond motifs is 1. The lowest BCUT2D eigenvalue weighted by Crippen LogP contribution is -2.21. The zero-order chi connectivity index (χ0) is 23.7. The van der Waals surface area contributed by atoms with E-state index in [1.54, 1.807) is 37.0 Å². The topological polar surface area (TPSA) is 82.7 Å². The Balaban J connectivity index is 2.37. The number of carbonyl (C=O) groups excluding carboxylic acids is 1. The van der Waals surface area contributed by atoms with E-state index in [1.807, 2.05) is 45.1 Å². The maximum Gasteiger partial charge on any atom is 0.255 e. The molecule has 7 heteroatoms. The first-order valence-corrected chi connectivity index (χ1v) is 9.99. The van der Waals surface area contributed by atoms with E-state index >= 15 is 0 Å². The number of ether oxygens (including phenoxy) is 1. The number of anilines is 1. The van der Waals surface area contributed by atoms with E-state index < -0.39 is 0 Å². The second-order valence-electron chi connectivity index (χ2n) is 7.12. The van der Waals surface area contributed by atoms with Gasteiger partial charge in [-0.1, -0.05) is 18.2 Å². The molecular formula is C25H27N5O2. The van der Waals surface area contributed by atoms with E-state index in [4.69, 9.17) is 11.2 Å². The fourth-order valence-corrected chi connectivity index (χ4v) is 2.92. The average molecular weight is 430 g/mol. The summed E-state index contributed by atoms with van der Waals surface area (Å²) in [5.41, 5.74) is 3.58. The third kappa shape index (κ3) is 5.68. The lowest BCUT2D eigenvalue weighted by Gasteiger charge is -2.12. The summed E-state index contributed by atoms with van der Waals surface area (Å²) in [6.07, 6.45) is 19.7. The Morgan fingerprint density at radius 3 is 2.75 bits per heavy atom. The van der Waals surface area contributed by atoms with Crippen LogP contribution in [0.15, 0.2) is 60.3 Å². The van der Waals surface area contributed by atoms with Gasteiger partial charge >= 0.3 is 0 Å². The molecular weight excluding hydrogens is 402 g/mol. The molecule has 164 valence electrons. The van der Waals surface area contributed by atoms with Gasteiger partial charge in [0.1, 0.15) is 12.7 Å². The molecule has 2 aromatic heterocycles. The maximum absolute atomic E-state index is 12.5. The molecule has 1 amide bonds. The summed E-state index contributed by atoms with van der Waals surface area (Å²) in [5.74, 6) is 2.76. The molecule has 0 spiro atoms. The molecule has 2 aromatic rings. The Morgan fingerprint density at radius 1 is 1.38 bits per heavy atom. The predicted octanol–water partition coefficient (Wildman–Crippen LogP) is 4.20. The minimum absolute atomic E-state index is 0.132. The van der Waals surface area contributed by atoms with Crippen LogP contribution in [0.4, 0.5) is 5.69 Å². The van der Waals surface area contributed by atoms with Crippen molar-refractivity contribution in [3.63, 3.8) is 0 Å². The fourth-order valence-electron chi connectivity index (χ4n) is 2.92. The Morgan fingerprint density at radius 2 is 2.12 bits per heavy atom. The monoisotopic (exact) mass is 429 g/mol. The number of rotatable bonds is 8. The summed E-state index contributed by atoms with van der Waals surface area (Å²) in [4.78, 5) is 14.0. The van der Waals surface area contributed by atoms with Crippen molar-refractivity contribution in [2.75, 3.05) is 26.0 Å². The van der Waals surface area contributed by atoms with E-state index in [0.29, 0.717) is 34.7 Å². The van der Waals surface area contributed by atoms with Crippen LogP contribution in [0.25, 0.3) is 5.52 Å². The highest BCUT2D eigenvalue weighted by Gasteiger charge is 2.20. The number of nitrogens with zero attached hydrogens (tertiary/aromatic N) is 4. The van der Waals surface area contributed by atoms with Crippen molar-refractivity contribution in [3.8, 4) is 18.4 Å². The number of nitrogens with one attached hydrogen (secondary N) is 1. The minimum Gasteiger partial charge on any atom is -0.481 e. The number of allylic oxidation sites excluding steroid dienone is 7. The molecule has 0 unspecified atom stereocenters. The summed E-state index contributed by atoms with van der Waals surface area (Å²) < 4.78 is 7.15. The van der Waals surface area contributed by atoms with Crippen LogP contribution in [0.5, 0.6) is 0 Å². The zero-order valence-electron chi connectivity index (χ0n) is 19.0. The molecule has 0 aliphatic carbocycles. The van der Waals surface area contributed by atoms with Gasteiger partial charge in [-0.2, -0.15) is 10.4 Å². The van der Waals surface area contributed by atoms with E-state index in [1.165, 1.54) is 11.1 Å². The van der Waals surface area contributed by atoms with Crippen LogP contribution in [-0.4, -0.2) is 41.1 Å². The van der Waals surface area contributed by atoms with Crippen molar-refractivity contribution in [2.24, 2.45) is 0 Å². The minimum atomic E-state index is -0.132. The first-order valence-electron chi connectivity index (χ1n) is 9.99. The average Bonchev–Trinajstić information content (AvgIpc) is 3.11. The van der Waals surface area contributed by atoms with Gasteiger partial charge in [0.15, 0.2) is 5.76 Å². The van der Waals surface area contributed by atoms with Gasteiger partial charge < -0.3 is 15.0 Å². The molecule has 0 radical (unpaired) electrons. The number of terminal acetylenes is 1. The molecule has 2 rings (SSSR count). The standard InChI is InChI=1S/C25H27N5O2/c1-7-9-10-11-14-32-21(8-2)13-12-18(3)28-23-20(15-26)16-27-30-17-22(19(4)24(23)30)25(31)29(5)6/h2,7,9-13,16-17,28H,14H2,1,3-6H3/b9-7-,11-10-,18-12+,21-13+. The Bertz CT molecular complexity index is 1200. The Hall–Kier alpha value is -4.23. The number of hydrogen-bond donors (Lipinski definition) is 1. The fraction of sp³-hybridized carbons (Fsp3) is 0.240. The van der Waals surface area contributed by atoms with Crippen molar-refractivity contribution < 1.29 is 9.53 Å². The van der Waals surface area contributed by atoms with Crippen LogP contribution < -0.4 is 5.32 Å². The van der Waals surface area contributed by atoms with Crippen molar-refractivity contribution >= 4 is 17.1 Å². The molecule has 2 heterocycles. The number of hydrogen-bond acceptors (Lipinski definition) is 5. The third-order valence-corrected chi connectivity index (χ3v) is 4.54. The van der Waals surface area contributed by atoms with E-state index in [-0.39, 0.29) is 5.91 Å². The highest BCUT2D eigenvalue weighted by atomic mass is 16.5. The van der Waals surface area contributed by atoms with Crippen molar-refractivity contribution in [3.05, 3.63) is 77.0 Å². The highest BCUT2D eigenvalue weighted by molar-refractivity contribution is 5.99. The van der Waals surface area contributed by atoms with Gasteiger partial charge in [-0.25, -0.2) is 4.52 Å². The van der Waals surface area contributed by atoms with Crippen LogP contribution in [0.3, 0.4) is 0 Å². The zero-order valence-corrected chi connectivity index (χ0v) is 19.0. The molecule has 32 heavy (non-hydrogen) atoms. The maximum atomic E-state index is 12.5. The molecule has 0 fully saturated rings. The lowest BCUT2D eigenvalue weighted by molar-refractivity contribution is 0.0827. The normalized spacial score (nSPS) is 12.2. The van der Waals surface area contributed by atoms with Gasteiger partial charge in [0.25, 0.3) is 5.91 Å². The molecule has 0 aliphatic rings. The Kier molecular flexibility index (Phi) is 8.45. The number of aryl methyl sites for hydroxylation is 1. The van der Waals surface area contributed by atoms with E-state index in [2.05, 4.69) is 22.4 Å². The van der Waals surface area contributed by atoms with Crippen LogP contribution in [-0.2, 0) is 4.74 Å². The molecule has 0 aliphatic heterocycles. The SMILES string of the molecule is C#C/C(=C\C=C(/C)Nc1c(C#N)cnn2cc(C(=O)N(C)C)c(C)c12)OC/C=C\C=C/C. The van der Waals surface area contributed by atoms with Gasteiger partial charge in [-0.05, 0) is 50.5 Å². The predicted molar refractivity (Wildman–Crippen MR) is 127 cm³/mol. The summed E-state index contributed by atoms with van der Waals surface area (Å²) in [6, 6.07) is 2.16. The van der Waals surface area contributed by atoms with Gasteiger partial charge in [0.2, 0.25) is 0 Å². The second kappa shape index (κ2) is 11.2. The molecule has 0 atom stereocenters. The van der Waals surface area contributed by atoms with E-state index in [9.17, 15) is 10.1 Å². The van der Waals surface area contributed by atoms with Crippen molar-refractivity contribution in [2.45, 2.75) is 20.8 Å². The molecule has 0 saturated heterocycles. The third-order valence-electron chi connectivity index (χ3n) is 4.54. The summed E-state index contributed by atoms with van der Waals surface area (Å²) >= 11 is 0. The first kappa shape index (κ1) is 24.0. The summed E-state index contributed by atoms with van der Waals surface area (Å²) in [6.45, 7) is 5.98. The number of aromatic nitrogens is 2. The summed E-state index contributed by atoms with van der Waals surface area (Å²) in [7, 11) is 3.39. The molecule has 0 saturated carbocycles. The highest BCUT2D eigenvalue weighted by Crippen LogP contribution is 2.29. The van der Waals surface area contributed by atoms with Crippen LogP contribution in [0.1, 0.15) is 35.3 Å². The number of carbonyl (C=O) groups is 1.